The molecule has 0 amide bonds. The van der Waals surface area contributed by atoms with E-state index in [9.17, 15) is 4.79 Å². The minimum Gasteiger partial charge on any atom is -0.478 e. The highest BCUT2D eigenvalue weighted by Gasteiger charge is 2.10. The lowest BCUT2D eigenvalue weighted by molar-refractivity contribution is 0.0697. The molecule has 1 heterocycles. The number of hydrogen-bond acceptors (Lipinski definition) is 4. The minimum absolute atomic E-state index is 0.259. The molecule has 5 heteroatoms. The smallest absolute Gasteiger partial charge is 0.335 e. The Labute approximate surface area is 127 Å². The molecule has 0 spiro atoms. The maximum Gasteiger partial charge on any atom is 0.335 e. The van der Waals surface area contributed by atoms with Gasteiger partial charge in [0.25, 0.3) is 0 Å². The van der Waals surface area contributed by atoms with E-state index in [2.05, 4.69) is 10.2 Å². The molecule has 0 unspecified atom stereocenters. The highest BCUT2D eigenvalue weighted by atomic mass is 16.4. The summed E-state index contributed by atoms with van der Waals surface area (Å²) in [5, 5.41) is 17.0. The van der Waals surface area contributed by atoms with Gasteiger partial charge in [-0.25, -0.2) is 4.79 Å². The van der Waals surface area contributed by atoms with Crippen LogP contribution in [0.3, 0.4) is 0 Å². The summed E-state index contributed by atoms with van der Waals surface area (Å²) in [4.78, 5) is 10.8. The van der Waals surface area contributed by atoms with E-state index < -0.39 is 5.97 Å². The average molecular weight is 294 g/mol. The van der Waals surface area contributed by atoms with Gasteiger partial charge in [0, 0.05) is 5.56 Å². The number of benzene rings is 2. The number of rotatable bonds is 4. The van der Waals surface area contributed by atoms with Crippen LogP contribution in [0.1, 0.15) is 27.4 Å². The first kappa shape index (κ1) is 14.0. The van der Waals surface area contributed by atoms with Crippen LogP contribution in [0.5, 0.6) is 0 Å². The van der Waals surface area contributed by atoms with E-state index in [1.165, 1.54) is 0 Å². The second-order valence-electron chi connectivity index (χ2n) is 5.05. The predicted octanol–water partition coefficient (Wildman–Crippen LogP) is 3.33. The van der Waals surface area contributed by atoms with Crippen molar-refractivity contribution in [1.29, 1.82) is 0 Å². The first-order valence-electron chi connectivity index (χ1n) is 6.83. The molecule has 0 bridgehead atoms. The topological polar surface area (TPSA) is 76.2 Å². The molecule has 5 nitrogen and oxygen atoms in total. The van der Waals surface area contributed by atoms with Crippen molar-refractivity contribution >= 4 is 5.97 Å². The van der Waals surface area contributed by atoms with Crippen molar-refractivity contribution in [2.24, 2.45) is 0 Å². The molecule has 2 aromatic carbocycles. The Morgan fingerprint density at radius 1 is 1.14 bits per heavy atom. The molecular weight excluding hydrogens is 280 g/mol. The molecule has 0 aliphatic rings. The van der Waals surface area contributed by atoms with Crippen LogP contribution in [0.15, 0.2) is 52.9 Å². The molecule has 0 aliphatic heterocycles. The van der Waals surface area contributed by atoms with Crippen molar-refractivity contribution in [2.45, 2.75) is 13.3 Å². The second-order valence-corrected chi connectivity index (χ2v) is 5.05. The lowest BCUT2D eigenvalue weighted by Gasteiger charge is -1.99. The number of carbonyl (C=O) groups is 1. The number of carboxylic acids is 1. The van der Waals surface area contributed by atoms with Crippen LogP contribution < -0.4 is 0 Å². The molecule has 0 fully saturated rings. The van der Waals surface area contributed by atoms with E-state index in [1.54, 1.807) is 24.3 Å². The van der Waals surface area contributed by atoms with Gasteiger partial charge in [-0.15, -0.1) is 10.2 Å². The normalized spacial score (nSPS) is 10.6. The molecule has 0 saturated heterocycles. The Bertz CT molecular complexity index is 807. The van der Waals surface area contributed by atoms with Crippen LogP contribution in [-0.2, 0) is 6.42 Å². The van der Waals surface area contributed by atoms with Gasteiger partial charge in [0.05, 0.1) is 12.0 Å². The van der Waals surface area contributed by atoms with Crippen LogP contribution >= 0.6 is 0 Å². The highest BCUT2D eigenvalue weighted by Crippen LogP contribution is 2.20. The fourth-order valence-corrected chi connectivity index (χ4v) is 2.16. The summed E-state index contributed by atoms with van der Waals surface area (Å²) in [6, 6.07) is 14.5. The summed E-state index contributed by atoms with van der Waals surface area (Å²) in [5.74, 6) is 0.0477. The van der Waals surface area contributed by atoms with Crippen molar-refractivity contribution in [2.75, 3.05) is 0 Å². The number of hydrogen-bond donors (Lipinski definition) is 1. The maximum atomic E-state index is 10.8. The largest absolute Gasteiger partial charge is 0.478 e. The number of nitrogens with zero attached hydrogens (tertiary/aromatic N) is 2. The zero-order valence-electron chi connectivity index (χ0n) is 12.0. The third-order valence-electron chi connectivity index (χ3n) is 3.29. The molecule has 110 valence electrons. The van der Waals surface area contributed by atoms with Crippen LogP contribution in [0.25, 0.3) is 11.5 Å². The Morgan fingerprint density at radius 3 is 2.59 bits per heavy atom. The van der Waals surface area contributed by atoms with Crippen molar-refractivity contribution < 1.29 is 14.3 Å². The summed E-state index contributed by atoms with van der Waals surface area (Å²) in [5.41, 5.74) is 3.20. The Kier molecular flexibility index (Phi) is 3.70. The van der Waals surface area contributed by atoms with Crippen LogP contribution in [0.4, 0.5) is 0 Å². The molecule has 3 aromatic rings. The first-order valence-corrected chi connectivity index (χ1v) is 6.83. The Hall–Kier alpha value is -2.95. The number of aromatic carboxylic acids is 1. The van der Waals surface area contributed by atoms with E-state index in [0.717, 1.165) is 16.7 Å². The molecule has 0 saturated carbocycles. The summed E-state index contributed by atoms with van der Waals surface area (Å²) in [6.07, 6.45) is 0.471. The number of carboxylic acid groups (broad SMARTS) is 1. The summed E-state index contributed by atoms with van der Waals surface area (Å²) >= 11 is 0. The second kappa shape index (κ2) is 5.81. The number of aromatic nitrogens is 2. The van der Waals surface area contributed by atoms with E-state index in [0.29, 0.717) is 18.2 Å². The SMILES string of the molecule is Cc1cccc(-c2nnc(Cc3ccc(C(=O)O)cc3)o2)c1. The quantitative estimate of drug-likeness (QED) is 0.798. The van der Waals surface area contributed by atoms with Gasteiger partial charge in [0.1, 0.15) is 0 Å². The van der Waals surface area contributed by atoms with Crippen LogP contribution in [0.2, 0.25) is 0 Å². The van der Waals surface area contributed by atoms with E-state index in [1.807, 2.05) is 31.2 Å². The summed E-state index contributed by atoms with van der Waals surface area (Å²) in [7, 11) is 0. The minimum atomic E-state index is -0.939. The molecule has 1 aromatic heterocycles. The Morgan fingerprint density at radius 2 is 1.91 bits per heavy atom. The average Bonchev–Trinajstić information content (AvgIpc) is 2.96. The molecule has 3 rings (SSSR count). The van der Waals surface area contributed by atoms with Crippen LogP contribution in [-0.4, -0.2) is 21.3 Å². The van der Waals surface area contributed by atoms with Gasteiger partial charge in [-0.05, 0) is 36.8 Å². The molecule has 0 radical (unpaired) electrons. The molecule has 22 heavy (non-hydrogen) atoms. The van der Waals surface area contributed by atoms with Gasteiger partial charge in [-0.1, -0.05) is 29.8 Å². The molecule has 0 aliphatic carbocycles. The predicted molar refractivity (Wildman–Crippen MR) is 80.7 cm³/mol. The van der Waals surface area contributed by atoms with Gasteiger partial charge in [-0.2, -0.15) is 0 Å². The van der Waals surface area contributed by atoms with Gasteiger partial charge >= 0.3 is 5.97 Å². The number of aryl methyl sites for hydroxylation is 1. The van der Waals surface area contributed by atoms with E-state index in [-0.39, 0.29) is 5.56 Å². The lowest BCUT2D eigenvalue weighted by Crippen LogP contribution is -1.96. The van der Waals surface area contributed by atoms with E-state index in [4.69, 9.17) is 9.52 Å². The lowest BCUT2D eigenvalue weighted by atomic mass is 10.1. The summed E-state index contributed by atoms with van der Waals surface area (Å²) in [6.45, 7) is 2.00. The Balaban J connectivity index is 1.78. The van der Waals surface area contributed by atoms with Crippen molar-refractivity contribution in [1.82, 2.24) is 10.2 Å². The monoisotopic (exact) mass is 294 g/mol. The van der Waals surface area contributed by atoms with Crippen molar-refractivity contribution in [3.05, 3.63) is 71.1 Å². The molecule has 1 N–H and O–H groups in total. The fraction of sp³-hybridized carbons (Fsp3) is 0.118. The van der Waals surface area contributed by atoms with Crippen LogP contribution in [0, 0.1) is 6.92 Å². The third-order valence-corrected chi connectivity index (χ3v) is 3.29. The zero-order valence-corrected chi connectivity index (χ0v) is 12.0. The van der Waals surface area contributed by atoms with Gasteiger partial charge in [0.2, 0.25) is 11.8 Å². The van der Waals surface area contributed by atoms with Gasteiger partial charge in [-0.3, -0.25) is 0 Å². The van der Waals surface area contributed by atoms with Crippen molar-refractivity contribution in [3.8, 4) is 11.5 Å². The summed E-state index contributed by atoms with van der Waals surface area (Å²) < 4.78 is 5.67. The maximum absolute atomic E-state index is 10.8. The standard InChI is InChI=1S/C17H14N2O3/c1-11-3-2-4-14(9-11)16-19-18-15(22-16)10-12-5-7-13(8-6-12)17(20)21/h2-9H,10H2,1H3,(H,20,21). The third kappa shape index (κ3) is 3.03. The highest BCUT2D eigenvalue weighted by molar-refractivity contribution is 5.87. The molecular formula is C17H14N2O3. The van der Waals surface area contributed by atoms with Gasteiger partial charge < -0.3 is 9.52 Å². The first-order chi connectivity index (χ1) is 10.6. The van der Waals surface area contributed by atoms with Gasteiger partial charge in [0.15, 0.2) is 0 Å². The fourth-order valence-electron chi connectivity index (χ4n) is 2.16. The van der Waals surface area contributed by atoms with Crippen molar-refractivity contribution in [3.63, 3.8) is 0 Å². The van der Waals surface area contributed by atoms with E-state index >= 15 is 0 Å². The zero-order chi connectivity index (χ0) is 15.5. The molecule has 0 atom stereocenters.